The molecular formula is C18H20O5. The van der Waals surface area contributed by atoms with Crippen LogP contribution < -0.4 is 4.74 Å². The van der Waals surface area contributed by atoms with Gasteiger partial charge in [0.25, 0.3) is 0 Å². The lowest BCUT2D eigenvalue weighted by molar-refractivity contribution is -0.159. The van der Waals surface area contributed by atoms with Crippen LogP contribution in [0.5, 0.6) is 5.75 Å². The number of allylic oxidation sites excluding steroid dienone is 1. The van der Waals surface area contributed by atoms with Crippen LogP contribution in [0.15, 0.2) is 23.8 Å². The molecule has 1 aromatic rings. The summed E-state index contributed by atoms with van der Waals surface area (Å²) in [7, 11) is 1.62. The number of carboxylic acids is 2. The lowest BCUT2D eigenvalue weighted by Gasteiger charge is -2.42. The topological polar surface area (TPSA) is 83.8 Å². The molecule has 0 saturated heterocycles. The summed E-state index contributed by atoms with van der Waals surface area (Å²) < 4.78 is 5.26. The highest BCUT2D eigenvalue weighted by Crippen LogP contribution is 2.52. The van der Waals surface area contributed by atoms with Gasteiger partial charge in [-0.25, -0.2) is 0 Å². The van der Waals surface area contributed by atoms with Gasteiger partial charge >= 0.3 is 11.9 Å². The van der Waals surface area contributed by atoms with E-state index in [0.29, 0.717) is 25.7 Å². The summed E-state index contributed by atoms with van der Waals surface area (Å²) in [4.78, 5) is 23.5. The van der Waals surface area contributed by atoms with Gasteiger partial charge in [0, 0.05) is 0 Å². The molecule has 0 spiro atoms. The number of carboxylic acid groups (broad SMARTS) is 2. The summed E-state index contributed by atoms with van der Waals surface area (Å²) >= 11 is 0. The maximum Gasteiger partial charge on any atom is 0.314 e. The Bertz CT molecular complexity index is 718. The summed E-state index contributed by atoms with van der Waals surface area (Å²) in [6.45, 7) is 1.57. The molecule has 0 bridgehead atoms. The lowest BCUT2D eigenvalue weighted by atomic mass is 9.60. The Hall–Kier alpha value is -2.30. The number of hydrogen-bond donors (Lipinski definition) is 2. The molecule has 5 heteroatoms. The minimum absolute atomic E-state index is 0.350. The number of fused-ring (bicyclic) bond motifs is 2. The van der Waals surface area contributed by atoms with Crippen molar-refractivity contribution in [2.24, 2.45) is 11.3 Å². The van der Waals surface area contributed by atoms with E-state index in [1.165, 1.54) is 0 Å². The highest BCUT2D eigenvalue weighted by atomic mass is 16.5. The predicted octanol–water partition coefficient (Wildman–Crippen LogP) is 2.98. The average Bonchev–Trinajstić information content (AvgIpc) is 2.53. The molecule has 0 radical (unpaired) electrons. The number of carbonyl (C=O) groups is 2. The van der Waals surface area contributed by atoms with Gasteiger partial charge in [-0.3, -0.25) is 9.59 Å². The van der Waals surface area contributed by atoms with E-state index >= 15 is 0 Å². The Morgan fingerprint density at radius 3 is 2.57 bits per heavy atom. The van der Waals surface area contributed by atoms with E-state index in [-0.39, 0.29) is 0 Å². The van der Waals surface area contributed by atoms with Crippen molar-refractivity contribution in [2.45, 2.75) is 32.6 Å². The third-order valence-electron chi connectivity index (χ3n) is 5.40. The van der Waals surface area contributed by atoms with Crippen molar-refractivity contribution < 1.29 is 24.5 Å². The monoisotopic (exact) mass is 316 g/mol. The molecule has 2 aliphatic carbocycles. The van der Waals surface area contributed by atoms with E-state index in [2.05, 4.69) is 0 Å². The molecule has 3 rings (SSSR count). The van der Waals surface area contributed by atoms with Crippen molar-refractivity contribution in [1.82, 2.24) is 0 Å². The van der Waals surface area contributed by atoms with Gasteiger partial charge in [-0.1, -0.05) is 6.07 Å². The molecule has 0 aromatic heterocycles. The van der Waals surface area contributed by atoms with Crippen LogP contribution in [0.1, 0.15) is 37.3 Å². The summed E-state index contributed by atoms with van der Waals surface area (Å²) in [5.74, 6) is -2.16. The van der Waals surface area contributed by atoms with Gasteiger partial charge in [0.2, 0.25) is 0 Å². The second-order valence-corrected chi connectivity index (χ2v) is 6.42. The largest absolute Gasteiger partial charge is 0.497 e. The van der Waals surface area contributed by atoms with Crippen molar-refractivity contribution in [3.8, 4) is 5.75 Å². The number of benzene rings is 1. The van der Waals surface area contributed by atoms with Crippen LogP contribution in [0, 0.1) is 11.3 Å². The van der Waals surface area contributed by atoms with E-state index in [1.54, 1.807) is 14.0 Å². The van der Waals surface area contributed by atoms with Crippen LogP contribution in [0.4, 0.5) is 0 Å². The van der Waals surface area contributed by atoms with E-state index in [1.807, 2.05) is 18.2 Å². The fourth-order valence-corrected chi connectivity index (χ4v) is 4.07. The Labute approximate surface area is 134 Å². The Morgan fingerprint density at radius 2 is 1.96 bits per heavy atom. The first-order valence-corrected chi connectivity index (χ1v) is 7.75. The second kappa shape index (κ2) is 5.41. The molecule has 0 saturated carbocycles. The maximum atomic E-state index is 11.9. The molecule has 2 N–H and O–H groups in total. The van der Waals surface area contributed by atoms with E-state index in [4.69, 9.17) is 4.74 Å². The predicted molar refractivity (Wildman–Crippen MR) is 84.3 cm³/mol. The Balaban J connectivity index is 2.16. The standard InChI is InChI=1S/C18H20O5/c1-18(17(21)22)14-7-3-10-9-11(23-2)4-5-12(10)13(14)6-8-15(18)16(19)20/h4-5,9,15H,3,6-8H2,1-2H3,(H,19,20)(H,21,22). The van der Waals surface area contributed by atoms with Gasteiger partial charge < -0.3 is 14.9 Å². The summed E-state index contributed by atoms with van der Waals surface area (Å²) in [5, 5.41) is 19.2. The smallest absolute Gasteiger partial charge is 0.314 e. The van der Waals surface area contributed by atoms with E-state index in [9.17, 15) is 19.8 Å². The molecular weight excluding hydrogens is 296 g/mol. The summed E-state index contributed by atoms with van der Waals surface area (Å²) in [6.07, 6.45) is 2.25. The van der Waals surface area contributed by atoms with Gasteiger partial charge in [-0.05, 0) is 67.0 Å². The van der Waals surface area contributed by atoms with Crippen LogP contribution in [-0.2, 0) is 16.0 Å². The van der Waals surface area contributed by atoms with Crippen LogP contribution >= 0.6 is 0 Å². The third-order valence-corrected chi connectivity index (χ3v) is 5.40. The van der Waals surface area contributed by atoms with Crippen molar-refractivity contribution in [1.29, 1.82) is 0 Å². The van der Waals surface area contributed by atoms with E-state index in [0.717, 1.165) is 28.0 Å². The lowest BCUT2D eigenvalue weighted by Crippen LogP contribution is -2.45. The molecule has 0 heterocycles. The highest BCUT2D eigenvalue weighted by molar-refractivity contribution is 5.91. The van der Waals surface area contributed by atoms with Crippen molar-refractivity contribution in [3.63, 3.8) is 0 Å². The van der Waals surface area contributed by atoms with Gasteiger partial charge in [0.15, 0.2) is 0 Å². The molecule has 2 atom stereocenters. The van der Waals surface area contributed by atoms with Crippen LogP contribution in [0.3, 0.4) is 0 Å². The number of aryl methyl sites for hydroxylation is 1. The van der Waals surface area contributed by atoms with Crippen molar-refractivity contribution in [2.75, 3.05) is 7.11 Å². The van der Waals surface area contributed by atoms with Gasteiger partial charge in [0.1, 0.15) is 5.75 Å². The zero-order valence-electron chi connectivity index (χ0n) is 13.3. The minimum atomic E-state index is -1.34. The zero-order valence-corrected chi connectivity index (χ0v) is 13.3. The molecule has 0 fully saturated rings. The van der Waals surface area contributed by atoms with Crippen LogP contribution in [-0.4, -0.2) is 29.3 Å². The summed E-state index contributed by atoms with van der Waals surface area (Å²) in [6, 6.07) is 5.82. The molecule has 122 valence electrons. The minimum Gasteiger partial charge on any atom is -0.497 e. The maximum absolute atomic E-state index is 11.9. The Kier molecular flexibility index (Phi) is 3.66. The number of ether oxygens (including phenoxy) is 1. The van der Waals surface area contributed by atoms with Gasteiger partial charge in [-0.2, -0.15) is 0 Å². The summed E-state index contributed by atoms with van der Waals surface area (Å²) in [5.41, 5.74) is 2.64. The molecule has 2 aliphatic rings. The third kappa shape index (κ3) is 2.22. The van der Waals surface area contributed by atoms with E-state index < -0.39 is 23.3 Å². The molecule has 2 unspecified atom stereocenters. The fourth-order valence-electron chi connectivity index (χ4n) is 4.07. The Morgan fingerprint density at radius 1 is 1.22 bits per heavy atom. The van der Waals surface area contributed by atoms with Gasteiger partial charge in [-0.15, -0.1) is 0 Å². The average molecular weight is 316 g/mol. The second-order valence-electron chi connectivity index (χ2n) is 6.42. The van der Waals surface area contributed by atoms with Crippen LogP contribution in [0.2, 0.25) is 0 Å². The van der Waals surface area contributed by atoms with Crippen LogP contribution in [0.25, 0.3) is 5.57 Å². The number of rotatable bonds is 3. The highest BCUT2D eigenvalue weighted by Gasteiger charge is 2.52. The molecule has 1 aromatic carbocycles. The van der Waals surface area contributed by atoms with Crippen molar-refractivity contribution in [3.05, 3.63) is 34.9 Å². The number of methoxy groups -OCH3 is 1. The SMILES string of the molecule is COc1ccc2c(c1)CCC1=C2CCC(C(=O)O)C1(C)C(=O)O. The zero-order chi connectivity index (χ0) is 16.8. The van der Waals surface area contributed by atoms with Gasteiger partial charge in [0.05, 0.1) is 18.4 Å². The number of aliphatic carboxylic acids is 2. The first-order valence-electron chi connectivity index (χ1n) is 7.75. The normalized spacial score (nSPS) is 26.3. The molecule has 0 amide bonds. The number of hydrogen-bond acceptors (Lipinski definition) is 3. The molecule has 0 aliphatic heterocycles. The first-order chi connectivity index (χ1) is 10.9. The fraction of sp³-hybridized carbons (Fsp3) is 0.444. The molecule has 23 heavy (non-hydrogen) atoms. The van der Waals surface area contributed by atoms with Crippen molar-refractivity contribution >= 4 is 17.5 Å². The first kappa shape index (κ1) is 15.6. The quantitative estimate of drug-likeness (QED) is 0.895. The molecule has 5 nitrogen and oxygen atoms in total.